The lowest BCUT2D eigenvalue weighted by atomic mass is 10.3. The number of hydrogen-bond acceptors (Lipinski definition) is 2. The molecule has 78 valence electrons. The van der Waals surface area contributed by atoms with Gasteiger partial charge in [-0.05, 0) is 12.2 Å². The van der Waals surface area contributed by atoms with Crippen LogP contribution in [0.1, 0.15) is 6.92 Å². The molecule has 0 aliphatic heterocycles. The zero-order chi connectivity index (χ0) is 10.9. The van der Waals surface area contributed by atoms with Crippen molar-refractivity contribution in [1.82, 2.24) is 0 Å². The molecule has 0 radical (unpaired) electrons. The number of alkyl halides is 6. The molecule has 0 aromatic heterocycles. The van der Waals surface area contributed by atoms with Gasteiger partial charge < -0.3 is 4.74 Å². The zero-order valence-corrected chi connectivity index (χ0v) is 6.98. The Morgan fingerprint density at radius 3 is 1.46 bits per heavy atom. The van der Waals surface area contributed by atoms with Gasteiger partial charge in [0.2, 0.25) is 0 Å². The average Bonchev–Trinajstić information content (AvgIpc) is 1.77. The number of hydrogen-bond donors (Lipinski definition) is 0. The number of halogens is 6. The third-order valence-corrected chi connectivity index (χ3v) is 0.975. The Balaban J connectivity index is 4.68. The Labute approximate surface area is 74.7 Å². The molecule has 0 rings (SSSR count). The van der Waals surface area contributed by atoms with Crippen molar-refractivity contribution in [2.45, 2.75) is 25.4 Å². The van der Waals surface area contributed by atoms with Crippen LogP contribution in [0.5, 0.6) is 0 Å². The molecule has 0 saturated carbocycles. The smallest absolute Gasteiger partial charge is 0.434 e. The van der Waals surface area contributed by atoms with Gasteiger partial charge in [0.15, 0.2) is 5.05 Å². The van der Waals surface area contributed by atoms with Gasteiger partial charge in [-0.15, -0.1) is 0 Å². The Morgan fingerprint density at radius 1 is 1.08 bits per heavy atom. The Morgan fingerprint density at radius 2 is 1.38 bits per heavy atom. The predicted octanol–water partition coefficient (Wildman–Crippen LogP) is 2.84. The van der Waals surface area contributed by atoms with Crippen LogP contribution in [0.2, 0.25) is 0 Å². The highest BCUT2D eigenvalue weighted by Crippen LogP contribution is 2.35. The highest BCUT2D eigenvalue weighted by Gasteiger charge is 2.59. The van der Waals surface area contributed by atoms with Crippen LogP contribution in [-0.2, 0) is 4.74 Å². The third kappa shape index (κ3) is 4.30. The topological polar surface area (TPSA) is 9.23 Å². The van der Waals surface area contributed by atoms with Crippen molar-refractivity contribution in [2.75, 3.05) is 0 Å². The van der Waals surface area contributed by atoms with Crippen LogP contribution in [0.25, 0.3) is 0 Å². The van der Waals surface area contributed by atoms with E-state index in [4.69, 9.17) is 0 Å². The molecule has 0 aliphatic carbocycles. The summed E-state index contributed by atoms with van der Waals surface area (Å²) < 4.78 is 73.5. The lowest BCUT2D eigenvalue weighted by Gasteiger charge is -2.22. The van der Waals surface area contributed by atoms with Crippen molar-refractivity contribution in [3.63, 3.8) is 0 Å². The predicted molar refractivity (Wildman–Crippen MR) is 35.3 cm³/mol. The van der Waals surface area contributed by atoms with Crippen LogP contribution in [-0.4, -0.2) is 23.5 Å². The van der Waals surface area contributed by atoms with E-state index in [1.54, 1.807) is 0 Å². The Kier molecular flexibility index (Phi) is 3.54. The standard InChI is InChI=1S/C5H4F6OS/c1-2(13)12-3(4(6,7)8)5(9,10)11/h3H,1H3. The first-order chi connectivity index (χ1) is 5.55. The van der Waals surface area contributed by atoms with Gasteiger partial charge in [-0.25, -0.2) is 0 Å². The van der Waals surface area contributed by atoms with E-state index in [2.05, 4.69) is 17.0 Å². The first kappa shape index (κ1) is 12.5. The minimum Gasteiger partial charge on any atom is -0.465 e. The maximum Gasteiger partial charge on any atom is 0.434 e. The lowest BCUT2D eigenvalue weighted by molar-refractivity contribution is -0.303. The van der Waals surface area contributed by atoms with Crippen LogP contribution < -0.4 is 0 Å². The van der Waals surface area contributed by atoms with Crippen molar-refractivity contribution < 1.29 is 31.1 Å². The normalized spacial score (nSPS) is 13.2. The first-order valence-corrected chi connectivity index (χ1v) is 3.26. The fraction of sp³-hybridized carbons (Fsp3) is 0.800. The molecule has 0 saturated heterocycles. The summed E-state index contributed by atoms with van der Waals surface area (Å²) >= 11 is 3.99. The summed E-state index contributed by atoms with van der Waals surface area (Å²) in [5, 5.41) is -0.806. The van der Waals surface area contributed by atoms with Crippen LogP contribution in [0.15, 0.2) is 0 Å². The highest BCUT2D eigenvalue weighted by atomic mass is 32.1. The lowest BCUT2D eigenvalue weighted by Crippen LogP contribution is -2.45. The fourth-order valence-corrected chi connectivity index (χ4v) is 0.581. The summed E-state index contributed by atoms with van der Waals surface area (Å²) in [6, 6.07) is 0. The van der Waals surface area contributed by atoms with Crippen molar-refractivity contribution in [3.05, 3.63) is 0 Å². The van der Waals surface area contributed by atoms with Gasteiger partial charge in [0.1, 0.15) is 0 Å². The summed E-state index contributed by atoms with van der Waals surface area (Å²) in [7, 11) is 0. The summed E-state index contributed by atoms with van der Waals surface area (Å²) in [5.41, 5.74) is 0. The molecule has 13 heavy (non-hydrogen) atoms. The summed E-state index contributed by atoms with van der Waals surface area (Å²) in [5.74, 6) is 0. The van der Waals surface area contributed by atoms with E-state index in [9.17, 15) is 26.3 Å². The molecule has 1 nitrogen and oxygen atoms in total. The SMILES string of the molecule is CC(=S)OC(C(F)(F)F)C(F)(F)F. The van der Waals surface area contributed by atoms with Crippen LogP contribution in [0.3, 0.4) is 0 Å². The monoisotopic (exact) mass is 226 g/mol. The minimum atomic E-state index is -5.50. The Hall–Kier alpha value is -0.530. The van der Waals surface area contributed by atoms with E-state index in [-0.39, 0.29) is 0 Å². The molecule has 0 unspecified atom stereocenters. The van der Waals surface area contributed by atoms with Crippen molar-refractivity contribution in [2.24, 2.45) is 0 Å². The van der Waals surface area contributed by atoms with Gasteiger partial charge >= 0.3 is 12.4 Å². The van der Waals surface area contributed by atoms with E-state index in [1.807, 2.05) is 0 Å². The molecule has 0 bridgehead atoms. The van der Waals surface area contributed by atoms with Crippen molar-refractivity contribution >= 4 is 17.3 Å². The molecule has 0 aromatic carbocycles. The fourth-order valence-electron chi connectivity index (χ4n) is 0.485. The molecule has 0 aromatic rings. The van der Waals surface area contributed by atoms with Gasteiger partial charge in [0.05, 0.1) is 0 Å². The zero-order valence-electron chi connectivity index (χ0n) is 6.16. The molecule has 0 aliphatic rings. The maximum absolute atomic E-state index is 11.7. The second-order valence-electron chi connectivity index (χ2n) is 2.07. The molecular weight excluding hydrogens is 222 g/mol. The molecule has 0 heterocycles. The van der Waals surface area contributed by atoms with Crippen molar-refractivity contribution in [1.29, 1.82) is 0 Å². The van der Waals surface area contributed by atoms with E-state index >= 15 is 0 Å². The maximum atomic E-state index is 11.7. The second kappa shape index (κ2) is 3.69. The number of rotatable bonds is 1. The molecule has 0 atom stereocenters. The largest absolute Gasteiger partial charge is 0.465 e. The van der Waals surface area contributed by atoms with E-state index in [1.165, 1.54) is 0 Å². The summed E-state index contributed by atoms with van der Waals surface area (Å²) in [4.78, 5) is 0. The molecular formula is C5H4F6OS. The second-order valence-corrected chi connectivity index (χ2v) is 2.65. The minimum absolute atomic E-state index is 0.806. The van der Waals surface area contributed by atoms with Gasteiger partial charge in [-0.3, -0.25) is 0 Å². The van der Waals surface area contributed by atoms with Gasteiger partial charge in [-0.2, -0.15) is 26.3 Å². The van der Waals surface area contributed by atoms with E-state index in [0.717, 1.165) is 6.92 Å². The number of ether oxygens (including phenoxy) is 1. The Bertz CT molecular complexity index is 180. The molecule has 0 fully saturated rings. The molecule has 0 N–H and O–H groups in total. The van der Waals surface area contributed by atoms with Crippen molar-refractivity contribution in [3.8, 4) is 0 Å². The number of thiocarbonyl (C=S) groups is 1. The first-order valence-electron chi connectivity index (χ1n) is 2.86. The summed E-state index contributed by atoms with van der Waals surface area (Å²) in [6.45, 7) is 0.833. The molecule has 0 amide bonds. The molecule has 0 spiro atoms. The van der Waals surface area contributed by atoms with Gasteiger partial charge in [0, 0.05) is 6.92 Å². The van der Waals surface area contributed by atoms with Crippen LogP contribution in [0.4, 0.5) is 26.3 Å². The van der Waals surface area contributed by atoms with E-state index < -0.39 is 23.5 Å². The quantitative estimate of drug-likeness (QED) is 0.502. The highest BCUT2D eigenvalue weighted by molar-refractivity contribution is 7.80. The summed E-state index contributed by atoms with van der Waals surface area (Å²) in [6.07, 6.45) is -14.8. The van der Waals surface area contributed by atoms with Gasteiger partial charge in [-0.1, -0.05) is 0 Å². The average molecular weight is 226 g/mol. The van der Waals surface area contributed by atoms with Gasteiger partial charge in [0.25, 0.3) is 6.10 Å². The third-order valence-electron chi connectivity index (χ3n) is 0.878. The van der Waals surface area contributed by atoms with E-state index in [0.29, 0.717) is 0 Å². The van der Waals surface area contributed by atoms with Crippen LogP contribution >= 0.6 is 12.2 Å². The van der Waals surface area contributed by atoms with Crippen LogP contribution in [0, 0.1) is 0 Å². The molecule has 8 heteroatoms.